The molecule has 7 rings (SSSR count). The van der Waals surface area contributed by atoms with Gasteiger partial charge in [-0.05, 0) is 97.3 Å². The van der Waals surface area contributed by atoms with Crippen molar-refractivity contribution in [3.63, 3.8) is 0 Å². The molecule has 1 unspecified atom stereocenters. The first-order valence-electron chi connectivity index (χ1n) is 17.8. The number of aromatic nitrogens is 1. The van der Waals surface area contributed by atoms with Crippen molar-refractivity contribution in [2.45, 2.75) is 123 Å². The highest BCUT2D eigenvalue weighted by Crippen LogP contribution is 2.59. The van der Waals surface area contributed by atoms with E-state index in [0.29, 0.717) is 48.0 Å². The maximum absolute atomic E-state index is 16.7. The van der Waals surface area contributed by atoms with Crippen LogP contribution in [0.4, 0.5) is 9.18 Å². The van der Waals surface area contributed by atoms with Crippen LogP contribution in [0.1, 0.15) is 110 Å². The number of rotatable bonds is 7. The number of ether oxygens (including phenoxy) is 4. The number of alkyl carbamates (subject to hydrolysis) is 1. The minimum atomic E-state index is -1.09. The first-order chi connectivity index (χ1) is 23.7. The van der Waals surface area contributed by atoms with Gasteiger partial charge in [-0.15, -0.1) is 0 Å². The summed E-state index contributed by atoms with van der Waals surface area (Å²) in [6.07, 6.45) is 4.04. The maximum atomic E-state index is 16.7. The Labute approximate surface area is 293 Å². The zero-order valence-electron chi connectivity index (χ0n) is 30.2. The van der Waals surface area contributed by atoms with E-state index in [1.165, 1.54) is 0 Å². The number of amides is 2. The molecule has 0 saturated heterocycles. The van der Waals surface area contributed by atoms with E-state index in [-0.39, 0.29) is 23.6 Å². The average molecular weight is 686 g/mol. The molecule has 2 aromatic carbocycles. The zero-order valence-corrected chi connectivity index (χ0v) is 30.2. The zero-order chi connectivity index (χ0) is 35.6. The second-order valence-electron chi connectivity index (χ2n) is 15.8. The fourth-order valence-corrected chi connectivity index (χ4v) is 8.02. The van der Waals surface area contributed by atoms with Gasteiger partial charge in [-0.1, -0.05) is 30.3 Å². The highest BCUT2D eigenvalue weighted by atomic mass is 19.1. The smallest absolute Gasteiger partial charge is 0.407 e. The van der Waals surface area contributed by atoms with Gasteiger partial charge in [0.2, 0.25) is 11.6 Å². The molecule has 266 valence electrons. The van der Waals surface area contributed by atoms with Crippen LogP contribution < -0.4 is 19.5 Å². The van der Waals surface area contributed by atoms with E-state index < -0.39 is 28.7 Å². The summed E-state index contributed by atoms with van der Waals surface area (Å²) in [7, 11) is 0. The van der Waals surface area contributed by atoms with E-state index in [2.05, 4.69) is 5.32 Å². The third kappa shape index (κ3) is 6.37. The molecule has 10 heteroatoms. The van der Waals surface area contributed by atoms with Crippen LogP contribution in [0.2, 0.25) is 0 Å². The van der Waals surface area contributed by atoms with Gasteiger partial charge in [-0.2, -0.15) is 0 Å². The van der Waals surface area contributed by atoms with E-state index in [1.54, 1.807) is 0 Å². The predicted molar refractivity (Wildman–Crippen MR) is 186 cm³/mol. The lowest BCUT2D eigenvalue weighted by molar-refractivity contribution is -0.122. The monoisotopic (exact) mass is 685 g/mol. The minimum absolute atomic E-state index is 0.0192. The molecular formula is C40H48FN3O6. The van der Waals surface area contributed by atoms with E-state index in [0.717, 1.165) is 60.9 Å². The summed E-state index contributed by atoms with van der Waals surface area (Å²) in [5.41, 5.74) is 4.12. The van der Waals surface area contributed by atoms with Gasteiger partial charge in [0.1, 0.15) is 12.2 Å². The SMILES string of the molecule is Cc1cc(C)c(CN2CC3(CC3)c3c(F)c4c(c(C)c3C2=O)OC(C)([C@H]2CC[C@H](NC(=O)OC(C)(C)C)CC2)O4)c(OCc2ccccc2)n1. The molecule has 2 aliphatic heterocycles. The molecule has 50 heavy (non-hydrogen) atoms. The van der Waals surface area contributed by atoms with Gasteiger partial charge in [-0.3, -0.25) is 4.79 Å². The Morgan fingerprint density at radius 1 is 1.06 bits per heavy atom. The van der Waals surface area contributed by atoms with Crippen LogP contribution >= 0.6 is 0 Å². The number of hydrogen-bond acceptors (Lipinski definition) is 7. The van der Waals surface area contributed by atoms with E-state index in [1.807, 2.05) is 89.8 Å². The predicted octanol–water partition coefficient (Wildman–Crippen LogP) is 7.98. The number of carbonyl (C=O) groups is 2. The van der Waals surface area contributed by atoms with Gasteiger partial charge in [0.15, 0.2) is 11.6 Å². The second kappa shape index (κ2) is 12.5. The lowest BCUT2D eigenvalue weighted by atomic mass is 9.81. The lowest BCUT2D eigenvalue weighted by Crippen LogP contribution is -2.48. The Kier molecular flexibility index (Phi) is 8.50. The molecule has 3 aromatic rings. The van der Waals surface area contributed by atoms with Gasteiger partial charge in [0.05, 0.1) is 12.1 Å². The standard InChI is InChI=1S/C40H48FN3O6/c1-23-19-24(2)42-35(47-21-26-11-9-8-10-12-26)29(23)20-44-22-40(17-18-40)31-30(36(44)45)25(3)33-34(32(31)41)49-39(7,48-33)27-13-15-28(16-14-27)43-37(46)50-38(4,5)6/h8-12,19,27-28H,13-18,20-22H2,1-7H3,(H,43,46)/t27-,28-,39?. The number of hydrogen-bond donors (Lipinski definition) is 1. The van der Waals surface area contributed by atoms with Crippen molar-refractivity contribution in [1.29, 1.82) is 0 Å². The molecule has 1 spiro atoms. The van der Waals surface area contributed by atoms with Crippen molar-refractivity contribution in [2.75, 3.05) is 6.54 Å². The van der Waals surface area contributed by atoms with E-state index >= 15 is 4.39 Å². The lowest BCUT2D eigenvalue weighted by Gasteiger charge is -2.37. The first-order valence-corrected chi connectivity index (χ1v) is 17.8. The number of nitrogens with zero attached hydrogens (tertiary/aromatic N) is 2. The quantitative estimate of drug-likeness (QED) is 0.269. The van der Waals surface area contributed by atoms with Gasteiger partial charge in [0.25, 0.3) is 11.7 Å². The molecule has 3 heterocycles. The number of fused-ring (bicyclic) bond motifs is 3. The third-order valence-corrected chi connectivity index (χ3v) is 10.8. The largest absolute Gasteiger partial charge is 0.473 e. The van der Waals surface area contributed by atoms with Crippen LogP contribution in [0.15, 0.2) is 36.4 Å². The fourth-order valence-electron chi connectivity index (χ4n) is 8.02. The van der Waals surface area contributed by atoms with Gasteiger partial charge in [0, 0.05) is 53.2 Å². The normalized spacial score (nSPS) is 23.4. The van der Waals surface area contributed by atoms with Crippen molar-refractivity contribution in [1.82, 2.24) is 15.2 Å². The van der Waals surface area contributed by atoms with Gasteiger partial charge in [-0.25, -0.2) is 14.2 Å². The summed E-state index contributed by atoms with van der Waals surface area (Å²) in [6.45, 7) is 14.2. The number of halogens is 1. The Bertz CT molecular complexity index is 1830. The number of benzene rings is 2. The molecule has 1 N–H and O–H groups in total. The van der Waals surface area contributed by atoms with Crippen LogP contribution in [-0.4, -0.2) is 45.9 Å². The molecular weight excluding hydrogens is 637 g/mol. The molecule has 2 fully saturated rings. The molecule has 1 aromatic heterocycles. The minimum Gasteiger partial charge on any atom is -0.473 e. The highest BCUT2D eigenvalue weighted by molar-refractivity contribution is 6.00. The van der Waals surface area contributed by atoms with Gasteiger partial charge >= 0.3 is 6.09 Å². The van der Waals surface area contributed by atoms with Crippen molar-refractivity contribution in [3.05, 3.63) is 81.3 Å². The number of aryl methyl sites for hydroxylation is 2. The van der Waals surface area contributed by atoms with Crippen molar-refractivity contribution >= 4 is 12.0 Å². The summed E-state index contributed by atoms with van der Waals surface area (Å²) in [6, 6.07) is 11.9. The van der Waals surface area contributed by atoms with Crippen LogP contribution in [0.5, 0.6) is 17.4 Å². The molecule has 2 aliphatic carbocycles. The molecule has 4 aliphatic rings. The third-order valence-electron chi connectivity index (χ3n) is 10.8. The molecule has 2 saturated carbocycles. The second-order valence-corrected chi connectivity index (χ2v) is 15.8. The summed E-state index contributed by atoms with van der Waals surface area (Å²) in [5.74, 6) is -0.897. The van der Waals surface area contributed by atoms with E-state index in [9.17, 15) is 9.59 Å². The summed E-state index contributed by atoms with van der Waals surface area (Å²) in [5, 5.41) is 2.98. The Morgan fingerprint density at radius 3 is 2.40 bits per heavy atom. The average Bonchev–Trinajstić information content (AvgIpc) is 3.72. The van der Waals surface area contributed by atoms with Crippen LogP contribution in [0.3, 0.4) is 0 Å². The maximum Gasteiger partial charge on any atom is 0.407 e. The number of nitrogens with one attached hydrogen (secondary N) is 1. The van der Waals surface area contributed by atoms with Crippen LogP contribution in [0.25, 0.3) is 0 Å². The van der Waals surface area contributed by atoms with Crippen molar-refractivity contribution < 1.29 is 32.9 Å². The molecule has 9 nitrogen and oxygen atoms in total. The van der Waals surface area contributed by atoms with Crippen molar-refractivity contribution in [3.8, 4) is 17.4 Å². The fraction of sp³-hybridized carbons (Fsp3) is 0.525. The molecule has 2 amide bonds. The van der Waals surface area contributed by atoms with Crippen LogP contribution in [0, 0.1) is 32.5 Å². The number of pyridine rings is 1. The summed E-state index contributed by atoms with van der Waals surface area (Å²) >= 11 is 0. The summed E-state index contributed by atoms with van der Waals surface area (Å²) in [4.78, 5) is 33.3. The first kappa shape index (κ1) is 34.1. The highest BCUT2D eigenvalue weighted by Gasteiger charge is 2.57. The molecule has 0 bridgehead atoms. The van der Waals surface area contributed by atoms with Crippen molar-refractivity contribution in [2.24, 2.45) is 5.92 Å². The van der Waals surface area contributed by atoms with Gasteiger partial charge < -0.3 is 29.2 Å². The molecule has 1 atom stereocenters. The van der Waals surface area contributed by atoms with E-state index in [4.69, 9.17) is 23.9 Å². The number of carbonyl (C=O) groups excluding carboxylic acids is 2. The van der Waals surface area contributed by atoms with Crippen LogP contribution in [-0.2, 0) is 23.3 Å². The molecule has 0 radical (unpaired) electrons. The topological polar surface area (TPSA) is 99.2 Å². The Hall–Kier alpha value is -4.34. The summed E-state index contributed by atoms with van der Waals surface area (Å²) < 4.78 is 41.4. The Morgan fingerprint density at radius 2 is 1.74 bits per heavy atom. The Balaban J connectivity index is 1.12.